The Morgan fingerprint density at radius 3 is 2.12 bits per heavy atom. The molecule has 0 aromatic heterocycles. The number of halogens is 1. The molecule has 1 aromatic carbocycles. The molecule has 0 bridgehead atoms. The van der Waals surface area contributed by atoms with Crippen LogP contribution in [0.4, 0.5) is 0 Å². The standard InChI is InChI=1S/C12H19NO2.ClH/c1-8(2)7-11(15)12(13)9-3-5-10(14)6-4-9;/h3-6,8,11-12,14-15H,7,13H2,1-2H3;1H/t11-,12+;/m0./s1. The number of phenols is 1. The Morgan fingerprint density at radius 2 is 1.69 bits per heavy atom. The molecule has 92 valence electrons. The SMILES string of the molecule is CC(C)C[C@H](O)[C@H](N)c1ccc(O)cc1.Cl. The van der Waals surface area contributed by atoms with Crippen molar-refractivity contribution in [2.45, 2.75) is 32.4 Å². The summed E-state index contributed by atoms with van der Waals surface area (Å²) in [6, 6.07) is 6.26. The van der Waals surface area contributed by atoms with Crippen LogP contribution in [-0.2, 0) is 0 Å². The minimum atomic E-state index is -0.533. The van der Waals surface area contributed by atoms with E-state index in [9.17, 15) is 5.11 Å². The van der Waals surface area contributed by atoms with E-state index < -0.39 is 6.10 Å². The van der Waals surface area contributed by atoms with Gasteiger partial charge in [-0.2, -0.15) is 0 Å². The van der Waals surface area contributed by atoms with Crippen LogP contribution < -0.4 is 5.73 Å². The molecule has 0 unspecified atom stereocenters. The first kappa shape index (κ1) is 15.2. The largest absolute Gasteiger partial charge is 0.508 e. The summed E-state index contributed by atoms with van der Waals surface area (Å²) in [4.78, 5) is 0. The number of aliphatic hydroxyl groups excluding tert-OH is 1. The molecule has 0 aliphatic heterocycles. The van der Waals surface area contributed by atoms with Gasteiger partial charge in [-0.25, -0.2) is 0 Å². The Labute approximate surface area is 103 Å². The molecule has 0 amide bonds. The summed E-state index contributed by atoms with van der Waals surface area (Å²) >= 11 is 0. The number of hydrogen-bond donors (Lipinski definition) is 3. The number of nitrogens with two attached hydrogens (primary N) is 1. The number of benzene rings is 1. The molecule has 0 radical (unpaired) electrons. The van der Waals surface area contributed by atoms with Gasteiger partial charge in [0.05, 0.1) is 12.1 Å². The number of aromatic hydroxyl groups is 1. The average molecular weight is 246 g/mol. The van der Waals surface area contributed by atoms with Gasteiger partial charge in [0.25, 0.3) is 0 Å². The summed E-state index contributed by atoms with van der Waals surface area (Å²) < 4.78 is 0. The Balaban J connectivity index is 0.00000225. The highest BCUT2D eigenvalue weighted by Crippen LogP contribution is 2.21. The number of phenolic OH excluding ortho intramolecular Hbond substituents is 1. The van der Waals surface area contributed by atoms with Crippen molar-refractivity contribution in [2.75, 3.05) is 0 Å². The third kappa shape index (κ3) is 4.39. The normalized spacial score (nSPS) is 14.3. The lowest BCUT2D eigenvalue weighted by Crippen LogP contribution is -2.27. The number of hydrogen-bond acceptors (Lipinski definition) is 3. The fraction of sp³-hybridized carbons (Fsp3) is 0.500. The van der Waals surface area contributed by atoms with Gasteiger partial charge < -0.3 is 15.9 Å². The monoisotopic (exact) mass is 245 g/mol. The fourth-order valence-electron chi connectivity index (χ4n) is 1.55. The molecule has 1 rings (SSSR count). The minimum Gasteiger partial charge on any atom is -0.508 e. The van der Waals surface area contributed by atoms with E-state index in [0.29, 0.717) is 12.3 Å². The van der Waals surface area contributed by atoms with Gasteiger partial charge in [0.1, 0.15) is 5.75 Å². The third-order valence-corrected chi connectivity index (χ3v) is 2.41. The topological polar surface area (TPSA) is 66.5 Å². The maximum Gasteiger partial charge on any atom is 0.115 e. The quantitative estimate of drug-likeness (QED) is 0.762. The molecule has 3 nitrogen and oxygen atoms in total. The predicted molar refractivity (Wildman–Crippen MR) is 67.7 cm³/mol. The highest BCUT2D eigenvalue weighted by Gasteiger charge is 2.17. The van der Waals surface area contributed by atoms with E-state index in [1.807, 2.05) is 13.8 Å². The molecule has 0 saturated carbocycles. The van der Waals surface area contributed by atoms with Crippen molar-refractivity contribution in [1.82, 2.24) is 0 Å². The Morgan fingerprint density at radius 1 is 1.19 bits per heavy atom. The Bertz CT molecular complexity index is 300. The number of rotatable bonds is 4. The molecule has 4 N–H and O–H groups in total. The third-order valence-electron chi connectivity index (χ3n) is 2.41. The van der Waals surface area contributed by atoms with Crippen LogP contribution in [-0.4, -0.2) is 16.3 Å². The second-order valence-corrected chi connectivity index (χ2v) is 4.31. The van der Waals surface area contributed by atoms with Gasteiger partial charge in [0.15, 0.2) is 0 Å². The van der Waals surface area contributed by atoms with Crippen LogP contribution in [0.2, 0.25) is 0 Å². The summed E-state index contributed by atoms with van der Waals surface area (Å²) in [7, 11) is 0. The zero-order valence-electron chi connectivity index (χ0n) is 9.63. The molecule has 1 aromatic rings. The van der Waals surface area contributed by atoms with Gasteiger partial charge in [-0.05, 0) is 30.0 Å². The fourth-order valence-corrected chi connectivity index (χ4v) is 1.55. The van der Waals surface area contributed by atoms with Crippen molar-refractivity contribution < 1.29 is 10.2 Å². The zero-order chi connectivity index (χ0) is 11.4. The molecule has 0 aliphatic rings. The zero-order valence-corrected chi connectivity index (χ0v) is 10.4. The molecule has 0 fully saturated rings. The highest BCUT2D eigenvalue weighted by atomic mass is 35.5. The van der Waals surface area contributed by atoms with E-state index >= 15 is 0 Å². The van der Waals surface area contributed by atoms with Crippen LogP contribution in [0.25, 0.3) is 0 Å². The van der Waals surface area contributed by atoms with Gasteiger partial charge >= 0.3 is 0 Å². The van der Waals surface area contributed by atoms with E-state index in [1.165, 1.54) is 0 Å². The molecule has 16 heavy (non-hydrogen) atoms. The van der Waals surface area contributed by atoms with Gasteiger partial charge in [-0.15, -0.1) is 12.4 Å². The summed E-state index contributed by atoms with van der Waals surface area (Å²) in [5.74, 6) is 0.632. The van der Waals surface area contributed by atoms with Crippen LogP contribution in [0, 0.1) is 5.92 Å². The molecule has 0 heterocycles. The van der Waals surface area contributed by atoms with Gasteiger partial charge in [-0.3, -0.25) is 0 Å². The number of aliphatic hydroxyl groups is 1. The van der Waals surface area contributed by atoms with Gasteiger partial charge in [0, 0.05) is 0 Å². The Kier molecular flexibility index (Phi) is 6.41. The highest BCUT2D eigenvalue weighted by molar-refractivity contribution is 5.85. The molecule has 4 heteroatoms. The van der Waals surface area contributed by atoms with Crippen LogP contribution in [0.1, 0.15) is 31.9 Å². The molecule has 2 atom stereocenters. The Hall–Kier alpha value is -0.770. The smallest absolute Gasteiger partial charge is 0.115 e. The summed E-state index contributed by atoms with van der Waals surface area (Å²) in [5.41, 5.74) is 6.75. The minimum absolute atomic E-state index is 0. The maximum atomic E-state index is 9.82. The summed E-state index contributed by atoms with van der Waals surface area (Å²) in [6.45, 7) is 4.10. The first-order valence-corrected chi connectivity index (χ1v) is 5.23. The first-order valence-electron chi connectivity index (χ1n) is 5.23. The van der Waals surface area contributed by atoms with Crippen molar-refractivity contribution in [1.29, 1.82) is 0 Å². The van der Waals surface area contributed by atoms with Crippen molar-refractivity contribution >= 4 is 12.4 Å². The molecule has 0 saturated heterocycles. The second-order valence-electron chi connectivity index (χ2n) is 4.31. The van der Waals surface area contributed by atoms with E-state index in [1.54, 1.807) is 24.3 Å². The van der Waals surface area contributed by atoms with Crippen molar-refractivity contribution in [3.8, 4) is 5.75 Å². The maximum absolute atomic E-state index is 9.82. The van der Waals surface area contributed by atoms with Crippen LogP contribution in [0.3, 0.4) is 0 Å². The van der Waals surface area contributed by atoms with Gasteiger partial charge in [-0.1, -0.05) is 26.0 Å². The summed E-state index contributed by atoms with van der Waals surface area (Å²) in [6.07, 6.45) is 0.150. The average Bonchev–Trinajstić information content (AvgIpc) is 2.17. The van der Waals surface area contributed by atoms with E-state index in [4.69, 9.17) is 10.8 Å². The lowest BCUT2D eigenvalue weighted by Gasteiger charge is -2.20. The summed E-state index contributed by atoms with van der Waals surface area (Å²) in [5, 5.41) is 18.9. The molecular weight excluding hydrogens is 226 g/mol. The van der Waals surface area contributed by atoms with E-state index in [-0.39, 0.29) is 24.2 Å². The van der Waals surface area contributed by atoms with Crippen LogP contribution in [0.5, 0.6) is 5.75 Å². The molecular formula is C12H20ClNO2. The molecule has 0 spiro atoms. The van der Waals surface area contributed by atoms with Crippen LogP contribution >= 0.6 is 12.4 Å². The van der Waals surface area contributed by atoms with Crippen LogP contribution in [0.15, 0.2) is 24.3 Å². The van der Waals surface area contributed by atoms with Gasteiger partial charge in [0.2, 0.25) is 0 Å². The van der Waals surface area contributed by atoms with E-state index in [0.717, 1.165) is 5.56 Å². The first-order chi connectivity index (χ1) is 7.00. The second kappa shape index (κ2) is 6.74. The van der Waals surface area contributed by atoms with Crippen molar-refractivity contribution in [2.24, 2.45) is 11.7 Å². The molecule has 0 aliphatic carbocycles. The van der Waals surface area contributed by atoms with Crippen molar-refractivity contribution in [3.63, 3.8) is 0 Å². The van der Waals surface area contributed by atoms with Crippen molar-refractivity contribution in [3.05, 3.63) is 29.8 Å². The predicted octanol–water partition coefficient (Wildman–Crippen LogP) is 2.22. The lowest BCUT2D eigenvalue weighted by molar-refractivity contribution is 0.121. The van der Waals surface area contributed by atoms with E-state index in [2.05, 4.69) is 0 Å². The lowest BCUT2D eigenvalue weighted by atomic mass is 9.95.